The van der Waals surface area contributed by atoms with E-state index >= 15 is 0 Å². The van der Waals surface area contributed by atoms with Crippen molar-refractivity contribution in [2.75, 3.05) is 37.4 Å². The van der Waals surface area contributed by atoms with E-state index in [4.69, 9.17) is 4.74 Å². The summed E-state index contributed by atoms with van der Waals surface area (Å²) in [6, 6.07) is 7.32. The van der Waals surface area contributed by atoms with Gasteiger partial charge in [0.15, 0.2) is 0 Å². The van der Waals surface area contributed by atoms with E-state index in [0.29, 0.717) is 18.8 Å². The van der Waals surface area contributed by atoms with E-state index in [1.807, 2.05) is 19.1 Å². The standard InChI is InChI=1S/C15H24N2O4S/c1-4-13-5-7-14(8-6-13)17(22(3,19)20)11-9-15(18)16-10-12-21-2/h5-8H,4,9-12H2,1-3H3,(H,16,18). The Kier molecular flexibility index (Phi) is 7.34. The molecular formula is C15H24N2O4S. The van der Waals surface area contributed by atoms with Crippen molar-refractivity contribution in [1.82, 2.24) is 5.32 Å². The highest BCUT2D eigenvalue weighted by Gasteiger charge is 2.18. The molecule has 0 aliphatic carbocycles. The fourth-order valence-corrected chi connectivity index (χ4v) is 2.90. The van der Waals surface area contributed by atoms with Crippen molar-refractivity contribution in [3.63, 3.8) is 0 Å². The summed E-state index contributed by atoms with van der Waals surface area (Å²) < 4.78 is 30.0. The van der Waals surface area contributed by atoms with Gasteiger partial charge >= 0.3 is 0 Å². The molecule has 0 spiro atoms. The fourth-order valence-electron chi connectivity index (χ4n) is 1.97. The lowest BCUT2D eigenvalue weighted by molar-refractivity contribution is -0.121. The van der Waals surface area contributed by atoms with Crippen LogP contribution in [0.2, 0.25) is 0 Å². The molecule has 0 saturated heterocycles. The van der Waals surface area contributed by atoms with Crippen molar-refractivity contribution in [3.8, 4) is 0 Å². The third-order valence-corrected chi connectivity index (χ3v) is 4.40. The van der Waals surface area contributed by atoms with Gasteiger partial charge in [0.05, 0.1) is 18.6 Å². The van der Waals surface area contributed by atoms with Gasteiger partial charge in [-0.15, -0.1) is 0 Å². The van der Waals surface area contributed by atoms with Gasteiger partial charge in [-0.25, -0.2) is 8.42 Å². The van der Waals surface area contributed by atoms with Gasteiger partial charge < -0.3 is 10.1 Å². The maximum atomic E-state index is 11.9. The Morgan fingerprint density at radius 3 is 2.41 bits per heavy atom. The lowest BCUT2D eigenvalue weighted by Gasteiger charge is -2.22. The maximum absolute atomic E-state index is 11.9. The first kappa shape index (κ1) is 18.4. The first-order chi connectivity index (χ1) is 10.4. The number of ether oxygens (including phenoxy) is 1. The number of sulfonamides is 1. The van der Waals surface area contributed by atoms with Gasteiger partial charge in [0.1, 0.15) is 0 Å². The molecule has 0 aromatic heterocycles. The fraction of sp³-hybridized carbons (Fsp3) is 0.533. The average Bonchev–Trinajstić information content (AvgIpc) is 2.47. The van der Waals surface area contributed by atoms with Crippen molar-refractivity contribution in [3.05, 3.63) is 29.8 Å². The predicted octanol–water partition coefficient (Wildman–Crippen LogP) is 1.17. The van der Waals surface area contributed by atoms with Crippen LogP contribution in [0.1, 0.15) is 18.9 Å². The van der Waals surface area contributed by atoms with Gasteiger partial charge in [-0.05, 0) is 24.1 Å². The normalized spacial score (nSPS) is 11.2. The second kappa shape index (κ2) is 8.75. The van der Waals surface area contributed by atoms with E-state index in [-0.39, 0.29) is 18.9 Å². The molecule has 7 heteroatoms. The van der Waals surface area contributed by atoms with Gasteiger partial charge in [0, 0.05) is 26.6 Å². The summed E-state index contributed by atoms with van der Waals surface area (Å²) in [4.78, 5) is 11.7. The molecule has 1 N–H and O–H groups in total. The highest BCUT2D eigenvalue weighted by molar-refractivity contribution is 7.92. The van der Waals surface area contributed by atoms with Crippen LogP contribution >= 0.6 is 0 Å². The zero-order chi connectivity index (χ0) is 16.6. The number of carbonyl (C=O) groups excluding carboxylic acids is 1. The molecule has 0 saturated carbocycles. The van der Waals surface area contributed by atoms with Crippen molar-refractivity contribution >= 4 is 21.6 Å². The van der Waals surface area contributed by atoms with Crippen molar-refractivity contribution in [2.24, 2.45) is 0 Å². The van der Waals surface area contributed by atoms with E-state index in [0.717, 1.165) is 18.2 Å². The Balaban J connectivity index is 2.71. The molecule has 1 aromatic rings. The number of amides is 1. The Morgan fingerprint density at radius 1 is 1.27 bits per heavy atom. The van der Waals surface area contributed by atoms with E-state index < -0.39 is 10.0 Å². The van der Waals surface area contributed by atoms with Crippen LogP contribution in [-0.2, 0) is 26.0 Å². The highest BCUT2D eigenvalue weighted by Crippen LogP contribution is 2.19. The van der Waals surface area contributed by atoms with Gasteiger partial charge in [0.25, 0.3) is 0 Å². The van der Waals surface area contributed by atoms with E-state index in [9.17, 15) is 13.2 Å². The second-order valence-corrected chi connectivity index (χ2v) is 6.85. The number of aryl methyl sites for hydroxylation is 1. The predicted molar refractivity (Wildman–Crippen MR) is 87.5 cm³/mol. The minimum Gasteiger partial charge on any atom is -0.383 e. The number of nitrogens with one attached hydrogen (secondary N) is 1. The first-order valence-electron chi connectivity index (χ1n) is 7.20. The van der Waals surface area contributed by atoms with Gasteiger partial charge in [-0.3, -0.25) is 9.10 Å². The quantitative estimate of drug-likeness (QED) is 0.691. The number of carbonyl (C=O) groups is 1. The van der Waals surface area contributed by atoms with Crippen LogP contribution in [0.15, 0.2) is 24.3 Å². The molecule has 6 nitrogen and oxygen atoms in total. The van der Waals surface area contributed by atoms with Crippen LogP contribution in [0.25, 0.3) is 0 Å². The van der Waals surface area contributed by atoms with Crippen molar-refractivity contribution in [1.29, 1.82) is 0 Å². The van der Waals surface area contributed by atoms with Gasteiger partial charge in [0.2, 0.25) is 15.9 Å². The number of anilines is 1. The van der Waals surface area contributed by atoms with Gasteiger partial charge in [-0.1, -0.05) is 19.1 Å². The van der Waals surface area contributed by atoms with Crippen LogP contribution in [0.3, 0.4) is 0 Å². The first-order valence-corrected chi connectivity index (χ1v) is 9.05. The highest BCUT2D eigenvalue weighted by atomic mass is 32.2. The molecule has 0 heterocycles. The molecule has 22 heavy (non-hydrogen) atoms. The Bertz CT molecular complexity index is 570. The third-order valence-electron chi connectivity index (χ3n) is 3.20. The van der Waals surface area contributed by atoms with Crippen molar-refractivity contribution in [2.45, 2.75) is 19.8 Å². The zero-order valence-corrected chi connectivity index (χ0v) is 14.1. The molecule has 0 radical (unpaired) electrons. The Labute approximate surface area is 132 Å². The molecule has 0 unspecified atom stereocenters. The zero-order valence-electron chi connectivity index (χ0n) is 13.3. The topological polar surface area (TPSA) is 75.7 Å². The number of benzene rings is 1. The summed E-state index contributed by atoms with van der Waals surface area (Å²) >= 11 is 0. The lowest BCUT2D eigenvalue weighted by Crippen LogP contribution is -2.35. The van der Waals surface area contributed by atoms with E-state index in [1.165, 1.54) is 4.31 Å². The maximum Gasteiger partial charge on any atom is 0.232 e. The monoisotopic (exact) mass is 328 g/mol. The van der Waals surface area contributed by atoms with Crippen LogP contribution in [-0.4, -0.2) is 47.4 Å². The minimum absolute atomic E-state index is 0.103. The third kappa shape index (κ3) is 6.03. The Hall–Kier alpha value is -1.60. The molecule has 1 aromatic carbocycles. The number of rotatable bonds is 9. The molecule has 0 aliphatic heterocycles. The molecular weight excluding hydrogens is 304 g/mol. The summed E-state index contributed by atoms with van der Waals surface area (Å²) in [5.74, 6) is -0.198. The molecule has 1 rings (SSSR count). The largest absolute Gasteiger partial charge is 0.383 e. The second-order valence-electron chi connectivity index (χ2n) is 4.95. The number of hydrogen-bond donors (Lipinski definition) is 1. The molecule has 0 fully saturated rings. The van der Waals surface area contributed by atoms with Gasteiger partial charge in [-0.2, -0.15) is 0 Å². The summed E-state index contributed by atoms with van der Waals surface area (Å²) in [5.41, 5.74) is 1.71. The number of hydrogen-bond acceptors (Lipinski definition) is 4. The molecule has 0 aliphatic rings. The molecule has 1 amide bonds. The summed E-state index contributed by atoms with van der Waals surface area (Å²) in [7, 11) is -1.88. The molecule has 0 atom stereocenters. The molecule has 0 bridgehead atoms. The summed E-state index contributed by atoms with van der Waals surface area (Å²) in [5, 5.41) is 2.67. The number of nitrogens with zero attached hydrogens (tertiary/aromatic N) is 1. The lowest BCUT2D eigenvalue weighted by atomic mass is 10.1. The van der Waals surface area contributed by atoms with Crippen LogP contribution in [0, 0.1) is 0 Å². The van der Waals surface area contributed by atoms with Crippen molar-refractivity contribution < 1.29 is 17.9 Å². The van der Waals surface area contributed by atoms with E-state index in [1.54, 1.807) is 19.2 Å². The van der Waals surface area contributed by atoms with E-state index in [2.05, 4.69) is 5.32 Å². The van der Waals surface area contributed by atoms with Crippen LogP contribution in [0.4, 0.5) is 5.69 Å². The Morgan fingerprint density at radius 2 is 1.91 bits per heavy atom. The molecule has 124 valence electrons. The smallest absolute Gasteiger partial charge is 0.232 e. The number of methoxy groups -OCH3 is 1. The summed E-state index contributed by atoms with van der Waals surface area (Å²) in [6.45, 7) is 3.00. The average molecular weight is 328 g/mol. The van der Waals surface area contributed by atoms with Crippen LogP contribution in [0.5, 0.6) is 0 Å². The minimum atomic E-state index is -3.43. The SMILES string of the molecule is CCc1ccc(N(CCC(=O)NCCOC)S(C)(=O)=O)cc1. The summed E-state index contributed by atoms with van der Waals surface area (Å²) in [6.07, 6.45) is 2.14. The van der Waals surface area contributed by atoms with Crippen LogP contribution < -0.4 is 9.62 Å².